The number of phenols is 2. The van der Waals surface area contributed by atoms with Gasteiger partial charge in [0.05, 0.1) is 18.2 Å². The molecule has 0 fully saturated rings. The third-order valence-corrected chi connectivity index (χ3v) is 11.4. The highest BCUT2D eigenvalue weighted by molar-refractivity contribution is 7.86. The van der Waals surface area contributed by atoms with Crippen LogP contribution in [0.15, 0.2) is 143 Å². The minimum absolute atomic E-state index is 0.0233. The number of hydrogen-bond donors (Lipinski definition) is 4. The zero-order valence-corrected chi connectivity index (χ0v) is 32.6. The topological polar surface area (TPSA) is 184 Å². The van der Waals surface area contributed by atoms with E-state index in [9.17, 15) is 31.8 Å². The summed E-state index contributed by atoms with van der Waals surface area (Å²) < 4.78 is 70.1. The molecular formula is C43H40N2O10S2. The number of carbonyl (C=O) groups excluding carboxylic acids is 1. The SMILES string of the molecule is CN1CCc2c(c3ccccc3n2Cc2ccccc2)C1.COc1ccc(C(=O)c2ccccc2O)c(O)c1.O=S(=O)(O)c1cccc2c(S(=O)(=O)O)cccc12. The van der Waals surface area contributed by atoms with Gasteiger partial charge < -0.3 is 24.4 Å². The molecule has 0 spiro atoms. The molecule has 0 saturated heterocycles. The molecule has 57 heavy (non-hydrogen) atoms. The van der Waals surface area contributed by atoms with Crippen LogP contribution in [0.2, 0.25) is 0 Å². The Morgan fingerprint density at radius 3 is 1.82 bits per heavy atom. The molecule has 0 atom stereocenters. The first kappa shape index (κ1) is 40.6. The quantitative estimate of drug-likeness (QED) is 0.0933. The van der Waals surface area contributed by atoms with Gasteiger partial charge in [0.15, 0.2) is 5.78 Å². The van der Waals surface area contributed by atoms with Crippen molar-refractivity contribution in [3.05, 3.63) is 161 Å². The van der Waals surface area contributed by atoms with E-state index in [1.165, 1.54) is 83.4 Å². The van der Waals surface area contributed by atoms with E-state index in [0.29, 0.717) is 5.75 Å². The number of para-hydroxylation sites is 2. The van der Waals surface area contributed by atoms with Gasteiger partial charge in [0.25, 0.3) is 20.2 Å². The zero-order chi connectivity index (χ0) is 40.9. The minimum atomic E-state index is -4.47. The Hall–Kier alpha value is -6.03. The molecule has 8 rings (SSSR count). The summed E-state index contributed by atoms with van der Waals surface area (Å²) >= 11 is 0. The lowest BCUT2D eigenvalue weighted by molar-refractivity contribution is 0.103. The molecule has 294 valence electrons. The molecule has 6 aromatic carbocycles. The van der Waals surface area contributed by atoms with Crippen molar-refractivity contribution in [2.45, 2.75) is 29.3 Å². The van der Waals surface area contributed by atoms with Gasteiger partial charge in [0.2, 0.25) is 0 Å². The summed E-state index contributed by atoms with van der Waals surface area (Å²) in [7, 11) is -5.25. The van der Waals surface area contributed by atoms with Crippen molar-refractivity contribution in [3.63, 3.8) is 0 Å². The summed E-state index contributed by atoms with van der Waals surface area (Å²) in [6.07, 6.45) is 1.15. The lowest BCUT2D eigenvalue weighted by atomic mass is 10.0. The number of rotatable bonds is 7. The van der Waals surface area contributed by atoms with Crippen molar-refractivity contribution in [1.82, 2.24) is 9.47 Å². The van der Waals surface area contributed by atoms with Crippen LogP contribution >= 0.6 is 0 Å². The molecule has 14 heteroatoms. The van der Waals surface area contributed by atoms with Gasteiger partial charge in [0.1, 0.15) is 27.0 Å². The monoisotopic (exact) mass is 808 g/mol. The number of fused-ring (bicyclic) bond motifs is 4. The maximum Gasteiger partial charge on any atom is 0.295 e. The molecule has 1 aromatic heterocycles. The Kier molecular flexibility index (Phi) is 12.1. The number of carbonyl (C=O) groups is 1. The van der Waals surface area contributed by atoms with Gasteiger partial charge >= 0.3 is 0 Å². The van der Waals surface area contributed by atoms with Crippen LogP contribution in [-0.4, -0.2) is 72.1 Å². The molecule has 0 amide bonds. The van der Waals surface area contributed by atoms with E-state index in [4.69, 9.17) is 13.8 Å². The average molecular weight is 809 g/mol. The van der Waals surface area contributed by atoms with Gasteiger partial charge in [-0.3, -0.25) is 13.9 Å². The Bertz CT molecular complexity index is 2730. The van der Waals surface area contributed by atoms with E-state index in [2.05, 4.69) is 71.1 Å². The number of aromatic hydroxyl groups is 2. The molecule has 12 nitrogen and oxygen atoms in total. The largest absolute Gasteiger partial charge is 0.507 e. The lowest BCUT2D eigenvalue weighted by Crippen LogP contribution is -2.27. The molecule has 1 aliphatic rings. The van der Waals surface area contributed by atoms with Crippen molar-refractivity contribution in [1.29, 1.82) is 0 Å². The van der Waals surface area contributed by atoms with Crippen molar-refractivity contribution >= 4 is 47.7 Å². The highest BCUT2D eigenvalue weighted by Crippen LogP contribution is 2.32. The van der Waals surface area contributed by atoms with E-state index < -0.39 is 35.8 Å². The van der Waals surface area contributed by atoms with Crippen LogP contribution < -0.4 is 4.74 Å². The maximum absolute atomic E-state index is 12.1. The summed E-state index contributed by atoms with van der Waals surface area (Å²) in [6.45, 7) is 3.19. The van der Waals surface area contributed by atoms with Crippen molar-refractivity contribution in [2.75, 3.05) is 20.7 Å². The number of methoxy groups -OCH3 is 1. The zero-order valence-electron chi connectivity index (χ0n) is 31.0. The maximum atomic E-state index is 12.1. The number of aromatic nitrogens is 1. The van der Waals surface area contributed by atoms with Gasteiger partial charge in [-0.25, -0.2) is 0 Å². The number of benzene rings is 6. The number of likely N-dealkylation sites (N-methyl/N-ethyl adjacent to an activating group) is 1. The smallest absolute Gasteiger partial charge is 0.295 e. The van der Waals surface area contributed by atoms with Crippen molar-refractivity contribution < 1.29 is 45.7 Å². The molecule has 2 heterocycles. The number of phenolic OH excluding ortho intramolecular Hbond substituents is 2. The van der Waals surface area contributed by atoms with E-state index >= 15 is 0 Å². The minimum Gasteiger partial charge on any atom is -0.507 e. The van der Waals surface area contributed by atoms with Crippen LogP contribution in [0.3, 0.4) is 0 Å². The van der Waals surface area contributed by atoms with E-state index in [-0.39, 0.29) is 33.4 Å². The molecule has 7 aromatic rings. The predicted octanol–water partition coefficient (Wildman–Crippen LogP) is 7.35. The van der Waals surface area contributed by atoms with Gasteiger partial charge in [-0.15, -0.1) is 0 Å². The van der Waals surface area contributed by atoms with Crippen LogP contribution in [0.5, 0.6) is 17.2 Å². The van der Waals surface area contributed by atoms with E-state index in [1.807, 2.05) is 0 Å². The van der Waals surface area contributed by atoms with E-state index in [0.717, 1.165) is 38.2 Å². The third-order valence-electron chi connectivity index (χ3n) is 9.53. The van der Waals surface area contributed by atoms with Gasteiger partial charge in [0, 0.05) is 59.5 Å². The summed E-state index contributed by atoms with van der Waals surface area (Å²) in [5.74, 6) is -0.269. The second kappa shape index (κ2) is 17.0. The number of ether oxygens (including phenoxy) is 1. The summed E-state index contributed by atoms with van der Waals surface area (Å²) in [5, 5.41) is 20.8. The second-order valence-electron chi connectivity index (χ2n) is 13.3. The van der Waals surface area contributed by atoms with Crippen molar-refractivity contribution in [3.8, 4) is 17.2 Å². The highest BCUT2D eigenvalue weighted by Gasteiger charge is 2.23. The Morgan fingerprint density at radius 2 is 1.23 bits per heavy atom. The first-order valence-corrected chi connectivity index (χ1v) is 20.5. The molecule has 4 N–H and O–H groups in total. The number of hydrogen-bond acceptors (Lipinski definition) is 9. The van der Waals surface area contributed by atoms with Gasteiger partial charge in [-0.1, -0.05) is 84.9 Å². The fourth-order valence-electron chi connectivity index (χ4n) is 6.83. The van der Waals surface area contributed by atoms with Gasteiger partial charge in [-0.2, -0.15) is 16.8 Å². The predicted molar refractivity (Wildman–Crippen MR) is 217 cm³/mol. The van der Waals surface area contributed by atoms with E-state index in [1.54, 1.807) is 18.2 Å². The normalized spacial score (nSPS) is 12.8. The van der Waals surface area contributed by atoms with Crippen LogP contribution in [-0.2, 0) is 39.7 Å². The first-order chi connectivity index (χ1) is 27.2. The van der Waals surface area contributed by atoms with Crippen LogP contribution in [0.4, 0.5) is 0 Å². The molecule has 1 aliphatic heterocycles. The molecular weight excluding hydrogens is 769 g/mol. The van der Waals surface area contributed by atoms with Gasteiger partial charge in [-0.05, 0) is 60.6 Å². The average Bonchev–Trinajstić information content (AvgIpc) is 3.49. The van der Waals surface area contributed by atoms with Crippen LogP contribution in [0.1, 0.15) is 32.7 Å². The molecule has 0 unspecified atom stereocenters. The Labute approximate surface area is 330 Å². The third kappa shape index (κ3) is 9.17. The standard InChI is InChI=1S/C19H20N2.C14H12O4.C10H8O6S2/c1-20-12-11-19-17(14-20)16-9-5-6-10-18(16)21(19)13-15-7-3-2-4-8-15;1-18-9-6-7-11(13(16)8-9)14(17)10-4-2-3-5-12(10)15;11-17(12,13)9-5-1-3-7-8(9)4-2-6-10(7)18(14,15)16/h2-10H,11-14H2,1H3;2-8,15-16H,1H3;1-6H,(H,11,12,13)(H,14,15,16). The summed E-state index contributed by atoms with van der Waals surface area (Å²) in [6, 6.07) is 37.7. The van der Waals surface area contributed by atoms with Crippen LogP contribution in [0, 0.1) is 0 Å². The summed E-state index contributed by atoms with van der Waals surface area (Å²) in [4.78, 5) is 13.7. The van der Waals surface area contributed by atoms with Crippen LogP contribution in [0.25, 0.3) is 21.7 Å². The summed E-state index contributed by atoms with van der Waals surface area (Å²) in [5.41, 5.74) is 6.07. The Morgan fingerprint density at radius 1 is 0.667 bits per heavy atom. The fraction of sp³-hybridized carbons (Fsp3) is 0.140. The number of nitrogens with zero attached hydrogens (tertiary/aromatic N) is 2. The molecule has 0 bridgehead atoms. The Balaban J connectivity index is 0.000000145. The lowest BCUT2D eigenvalue weighted by Gasteiger charge is -2.24. The molecule has 0 saturated carbocycles. The molecule has 0 radical (unpaired) electrons. The number of ketones is 1. The highest BCUT2D eigenvalue weighted by atomic mass is 32.2. The fourth-order valence-corrected chi connectivity index (χ4v) is 8.24. The van der Waals surface area contributed by atoms with Crippen molar-refractivity contribution in [2.24, 2.45) is 0 Å². The molecule has 0 aliphatic carbocycles. The first-order valence-electron chi connectivity index (χ1n) is 17.6. The second-order valence-corrected chi connectivity index (χ2v) is 16.1.